The molecule has 0 unspecified atom stereocenters. The molecule has 1 aliphatic heterocycles. The molecule has 184 valence electrons. The van der Waals surface area contributed by atoms with E-state index in [0.29, 0.717) is 32.7 Å². The van der Waals surface area contributed by atoms with Crippen LogP contribution < -0.4 is 10.6 Å². The Morgan fingerprint density at radius 1 is 1.38 bits per heavy atom. The zero-order valence-electron chi connectivity index (χ0n) is 20.1. The molecular weight excluding hydrogens is 436 g/mol. The van der Waals surface area contributed by atoms with E-state index in [1.165, 1.54) is 7.11 Å². The van der Waals surface area contributed by atoms with E-state index in [4.69, 9.17) is 9.84 Å². The molecule has 0 bridgehead atoms. The predicted octanol–water partition coefficient (Wildman–Crippen LogP) is 2.04. The molecule has 2 aliphatic rings. The summed E-state index contributed by atoms with van der Waals surface area (Å²) in [5, 5.41) is 10.8. The molecule has 0 aromatic carbocycles. The zero-order chi connectivity index (χ0) is 24.1. The van der Waals surface area contributed by atoms with Crippen molar-refractivity contribution in [2.24, 2.45) is 0 Å². The second-order valence-corrected chi connectivity index (χ2v) is 8.83. The quantitative estimate of drug-likeness (QED) is 0.540. The Balaban J connectivity index is 1.57. The van der Waals surface area contributed by atoms with Crippen LogP contribution in [-0.2, 0) is 20.8 Å². The Bertz CT molecular complexity index is 999. The van der Waals surface area contributed by atoms with Gasteiger partial charge >= 0.3 is 6.09 Å². The monoisotopic (exact) mass is 470 g/mol. The van der Waals surface area contributed by atoms with Crippen molar-refractivity contribution in [2.45, 2.75) is 57.8 Å². The summed E-state index contributed by atoms with van der Waals surface area (Å²) in [6.45, 7) is 6.90. The molecule has 0 spiro atoms. The molecular formula is C24H34N6O4. The average molecular weight is 471 g/mol. The Labute approximate surface area is 200 Å². The van der Waals surface area contributed by atoms with Crippen LogP contribution in [0, 0.1) is 6.92 Å². The number of rotatable bonds is 9. The largest absolute Gasteiger partial charge is 0.453 e. The number of morpholine rings is 1. The molecule has 2 fully saturated rings. The standard InChI is InChI=1S/C24H34N6O4/c1-16-6-4-7-19(27-16)21-14-20(28-29(21)12-5-10-26-24(32)33-3)17(2)30(18-8-9-18)23(31)22-15-25-11-13-34-22/h4,6-7,14,17-18,22,25H,5,8-13,15H2,1-3H3,(H,26,32)/t17-,22-/m1/s1. The number of aromatic nitrogens is 3. The molecule has 10 heteroatoms. The van der Waals surface area contributed by atoms with E-state index in [2.05, 4.69) is 20.4 Å². The summed E-state index contributed by atoms with van der Waals surface area (Å²) in [4.78, 5) is 31.4. The van der Waals surface area contributed by atoms with Gasteiger partial charge in [-0.05, 0) is 51.3 Å². The van der Waals surface area contributed by atoms with E-state index in [1.807, 2.05) is 47.7 Å². The summed E-state index contributed by atoms with van der Waals surface area (Å²) in [6.07, 6.45) is 1.77. The maximum Gasteiger partial charge on any atom is 0.406 e. The van der Waals surface area contributed by atoms with E-state index in [0.717, 1.165) is 42.2 Å². The van der Waals surface area contributed by atoms with Gasteiger partial charge in [0, 0.05) is 37.9 Å². The lowest BCUT2D eigenvalue weighted by Gasteiger charge is -2.33. The van der Waals surface area contributed by atoms with Crippen LogP contribution >= 0.6 is 0 Å². The van der Waals surface area contributed by atoms with Crippen LogP contribution in [0.5, 0.6) is 0 Å². The maximum atomic E-state index is 13.4. The highest BCUT2D eigenvalue weighted by atomic mass is 16.5. The number of hydrogen-bond donors (Lipinski definition) is 2. The summed E-state index contributed by atoms with van der Waals surface area (Å²) in [5.41, 5.74) is 3.46. The van der Waals surface area contributed by atoms with Crippen molar-refractivity contribution in [3.63, 3.8) is 0 Å². The maximum absolute atomic E-state index is 13.4. The topological polar surface area (TPSA) is 111 Å². The van der Waals surface area contributed by atoms with Gasteiger partial charge in [-0.15, -0.1) is 0 Å². The zero-order valence-corrected chi connectivity index (χ0v) is 20.1. The smallest absolute Gasteiger partial charge is 0.406 e. The van der Waals surface area contributed by atoms with E-state index in [1.54, 1.807) is 0 Å². The van der Waals surface area contributed by atoms with Gasteiger partial charge in [0.15, 0.2) is 0 Å². The van der Waals surface area contributed by atoms with Crippen molar-refractivity contribution in [3.8, 4) is 11.4 Å². The fourth-order valence-corrected chi connectivity index (χ4v) is 4.27. The number of ether oxygens (including phenoxy) is 2. The summed E-state index contributed by atoms with van der Waals surface area (Å²) >= 11 is 0. The first-order valence-electron chi connectivity index (χ1n) is 12.0. The van der Waals surface area contributed by atoms with Gasteiger partial charge in [-0.1, -0.05) is 6.07 Å². The molecule has 2 amide bonds. The van der Waals surface area contributed by atoms with E-state index >= 15 is 0 Å². The fraction of sp³-hybridized carbons (Fsp3) is 0.583. The number of carbonyl (C=O) groups is 2. The molecule has 1 saturated carbocycles. The van der Waals surface area contributed by atoms with Crippen LogP contribution in [0.15, 0.2) is 24.3 Å². The second kappa shape index (κ2) is 11.0. The first kappa shape index (κ1) is 24.2. The van der Waals surface area contributed by atoms with Crippen molar-refractivity contribution in [1.82, 2.24) is 30.3 Å². The third-order valence-corrected chi connectivity index (χ3v) is 6.19. The van der Waals surface area contributed by atoms with Gasteiger partial charge < -0.3 is 25.0 Å². The predicted molar refractivity (Wildman–Crippen MR) is 126 cm³/mol. The van der Waals surface area contributed by atoms with Gasteiger partial charge in [-0.3, -0.25) is 14.5 Å². The molecule has 0 radical (unpaired) electrons. The normalized spacial score (nSPS) is 18.9. The van der Waals surface area contributed by atoms with Crippen molar-refractivity contribution in [3.05, 3.63) is 35.7 Å². The number of alkyl carbamates (subject to hydrolysis) is 1. The Kier molecular flexibility index (Phi) is 7.79. The molecule has 2 aromatic rings. The molecule has 2 aromatic heterocycles. The van der Waals surface area contributed by atoms with Crippen LogP contribution in [0.2, 0.25) is 0 Å². The Morgan fingerprint density at radius 2 is 2.21 bits per heavy atom. The number of aryl methyl sites for hydroxylation is 2. The van der Waals surface area contributed by atoms with Gasteiger partial charge in [0.1, 0.15) is 6.10 Å². The first-order valence-corrected chi connectivity index (χ1v) is 12.0. The third-order valence-electron chi connectivity index (χ3n) is 6.19. The molecule has 3 heterocycles. The van der Waals surface area contributed by atoms with Crippen LogP contribution in [0.4, 0.5) is 4.79 Å². The highest BCUT2D eigenvalue weighted by molar-refractivity contribution is 5.82. The van der Waals surface area contributed by atoms with Crippen molar-refractivity contribution in [1.29, 1.82) is 0 Å². The SMILES string of the molecule is COC(=O)NCCCn1nc([C@@H](C)N(C(=O)[C@H]2CNCCO2)C2CC2)cc1-c1cccc(C)n1. The van der Waals surface area contributed by atoms with Crippen LogP contribution in [0.1, 0.15) is 43.6 Å². The van der Waals surface area contributed by atoms with Crippen LogP contribution in [-0.4, -0.2) is 77.2 Å². The van der Waals surface area contributed by atoms with Gasteiger partial charge in [-0.25, -0.2) is 4.79 Å². The molecule has 10 nitrogen and oxygen atoms in total. The van der Waals surface area contributed by atoms with Crippen molar-refractivity contribution >= 4 is 12.0 Å². The molecule has 2 N–H and O–H groups in total. The number of hydrogen-bond acceptors (Lipinski definition) is 7. The highest BCUT2D eigenvalue weighted by Gasteiger charge is 2.40. The average Bonchev–Trinajstić information content (AvgIpc) is 3.59. The van der Waals surface area contributed by atoms with Gasteiger partial charge in [-0.2, -0.15) is 5.10 Å². The summed E-state index contributed by atoms with van der Waals surface area (Å²) in [7, 11) is 1.35. The minimum atomic E-state index is -0.457. The van der Waals surface area contributed by atoms with Gasteiger partial charge in [0.2, 0.25) is 0 Å². The number of pyridine rings is 1. The molecule has 4 rings (SSSR count). The van der Waals surface area contributed by atoms with Crippen LogP contribution in [0.25, 0.3) is 11.4 Å². The van der Waals surface area contributed by atoms with E-state index < -0.39 is 12.2 Å². The minimum absolute atomic E-state index is 0.0225. The minimum Gasteiger partial charge on any atom is -0.453 e. The number of nitrogens with zero attached hydrogens (tertiary/aromatic N) is 4. The summed E-state index contributed by atoms with van der Waals surface area (Å²) in [5.74, 6) is 0.0225. The lowest BCUT2D eigenvalue weighted by molar-refractivity contribution is -0.148. The van der Waals surface area contributed by atoms with Crippen molar-refractivity contribution in [2.75, 3.05) is 33.4 Å². The van der Waals surface area contributed by atoms with Crippen LogP contribution in [0.3, 0.4) is 0 Å². The molecule has 1 aliphatic carbocycles. The number of amides is 2. The second-order valence-electron chi connectivity index (χ2n) is 8.83. The summed E-state index contributed by atoms with van der Waals surface area (Å²) < 4.78 is 12.3. The number of methoxy groups -OCH3 is 1. The lowest BCUT2D eigenvalue weighted by Crippen LogP contribution is -2.50. The highest BCUT2D eigenvalue weighted by Crippen LogP contribution is 2.36. The lowest BCUT2D eigenvalue weighted by atomic mass is 10.1. The van der Waals surface area contributed by atoms with Gasteiger partial charge in [0.05, 0.1) is 36.8 Å². The summed E-state index contributed by atoms with van der Waals surface area (Å²) in [6, 6.07) is 7.96. The third kappa shape index (κ3) is 5.74. The van der Waals surface area contributed by atoms with E-state index in [9.17, 15) is 9.59 Å². The number of carbonyl (C=O) groups excluding carboxylic acids is 2. The Hall–Kier alpha value is -2.98. The first-order chi connectivity index (χ1) is 16.5. The molecule has 34 heavy (non-hydrogen) atoms. The van der Waals surface area contributed by atoms with Gasteiger partial charge in [0.25, 0.3) is 5.91 Å². The Morgan fingerprint density at radius 3 is 2.88 bits per heavy atom. The fourth-order valence-electron chi connectivity index (χ4n) is 4.27. The van der Waals surface area contributed by atoms with Crippen molar-refractivity contribution < 1.29 is 19.1 Å². The molecule has 1 saturated heterocycles. The molecule has 2 atom stereocenters. The number of nitrogens with one attached hydrogen (secondary N) is 2. The van der Waals surface area contributed by atoms with E-state index in [-0.39, 0.29) is 18.0 Å².